The molecule has 1 N–H and O–H groups in total. The molecule has 1 atom stereocenters. The highest BCUT2D eigenvalue weighted by Crippen LogP contribution is 2.26. The first-order valence-electron chi connectivity index (χ1n) is 8.13. The molecule has 0 unspecified atom stereocenters. The number of rotatable bonds is 2. The summed E-state index contributed by atoms with van der Waals surface area (Å²) in [5.41, 5.74) is 2.85. The molecule has 1 aliphatic heterocycles. The minimum atomic E-state index is 0.0354. The molecule has 0 fully saturated rings. The highest BCUT2D eigenvalue weighted by atomic mass is 16.5. The number of fused-ring (bicyclic) bond motifs is 2. The standard InChI is InChI=1S/C19H19N3O2/c1-13-12-24-17-7-3-2-5-14(17)11-22(13)18(23)9-15-10-21-19-16(15)6-4-8-20-19/h2-8,10,13H,9,11-12H2,1H3,(H,20,21)/t13-/m1/s1. The number of aromatic amines is 1. The molecule has 3 heterocycles. The third-order valence-corrected chi connectivity index (χ3v) is 4.52. The van der Waals surface area contributed by atoms with E-state index in [2.05, 4.69) is 9.97 Å². The van der Waals surface area contributed by atoms with Gasteiger partial charge in [-0.15, -0.1) is 0 Å². The Morgan fingerprint density at radius 2 is 2.21 bits per heavy atom. The van der Waals surface area contributed by atoms with E-state index in [1.165, 1.54) is 0 Å². The third-order valence-electron chi connectivity index (χ3n) is 4.52. The molecule has 0 bridgehead atoms. The number of amides is 1. The molecule has 1 aromatic carbocycles. The Morgan fingerprint density at radius 3 is 3.12 bits per heavy atom. The number of nitrogens with zero attached hydrogens (tertiary/aromatic N) is 2. The van der Waals surface area contributed by atoms with Gasteiger partial charge in [0.15, 0.2) is 0 Å². The molecule has 24 heavy (non-hydrogen) atoms. The first-order chi connectivity index (χ1) is 11.7. The third kappa shape index (κ3) is 2.62. The lowest BCUT2D eigenvalue weighted by molar-refractivity contribution is -0.133. The zero-order valence-electron chi connectivity index (χ0n) is 13.5. The van der Waals surface area contributed by atoms with Gasteiger partial charge in [-0.25, -0.2) is 4.98 Å². The number of hydrogen-bond acceptors (Lipinski definition) is 3. The summed E-state index contributed by atoms with van der Waals surface area (Å²) in [6.45, 7) is 3.12. The Balaban J connectivity index is 1.59. The Kier molecular flexibility index (Phi) is 3.69. The van der Waals surface area contributed by atoms with E-state index in [0.717, 1.165) is 27.9 Å². The van der Waals surface area contributed by atoms with Crippen molar-refractivity contribution in [1.82, 2.24) is 14.9 Å². The summed E-state index contributed by atoms with van der Waals surface area (Å²) < 4.78 is 5.84. The van der Waals surface area contributed by atoms with Crippen LogP contribution in [-0.4, -0.2) is 33.4 Å². The van der Waals surface area contributed by atoms with Gasteiger partial charge in [0.2, 0.25) is 5.91 Å². The SMILES string of the molecule is C[C@@H]1COc2ccccc2CN1C(=O)Cc1c[nH]c2ncccc12. The lowest BCUT2D eigenvalue weighted by Crippen LogP contribution is -2.40. The van der Waals surface area contributed by atoms with E-state index in [1.54, 1.807) is 6.20 Å². The highest BCUT2D eigenvalue weighted by Gasteiger charge is 2.26. The quantitative estimate of drug-likeness (QED) is 0.789. The number of ether oxygens (including phenoxy) is 1. The van der Waals surface area contributed by atoms with Crippen LogP contribution in [0.2, 0.25) is 0 Å². The maximum Gasteiger partial charge on any atom is 0.227 e. The Hall–Kier alpha value is -2.82. The number of benzene rings is 1. The number of nitrogens with one attached hydrogen (secondary N) is 1. The summed E-state index contributed by atoms with van der Waals surface area (Å²) in [4.78, 5) is 22.2. The molecule has 1 aliphatic rings. The predicted molar refractivity (Wildman–Crippen MR) is 91.7 cm³/mol. The van der Waals surface area contributed by atoms with Gasteiger partial charge in [-0.3, -0.25) is 4.79 Å². The number of carbonyl (C=O) groups is 1. The Labute approximate surface area is 140 Å². The highest BCUT2D eigenvalue weighted by molar-refractivity contribution is 5.87. The number of H-pyrrole nitrogens is 1. The van der Waals surface area contributed by atoms with Crippen molar-refractivity contribution in [3.8, 4) is 5.75 Å². The minimum Gasteiger partial charge on any atom is -0.491 e. The van der Waals surface area contributed by atoms with E-state index in [4.69, 9.17) is 4.74 Å². The summed E-state index contributed by atoms with van der Waals surface area (Å²) >= 11 is 0. The molecular formula is C19H19N3O2. The normalized spacial score (nSPS) is 17.2. The van der Waals surface area contributed by atoms with Gasteiger partial charge in [0.1, 0.15) is 18.0 Å². The first-order valence-corrected chi connectivity index (χ1v) is 8.13. The van der Waals surface area contributed by atoms with Crippen LogP contribution in [0.3, 0.4) is 0 Å². The van der Waals surface area contributed by atoms with Crippen molar-refractivity contribution >= 4 is 16.9 Å². The van der Waals surface area contributed by atoms with Gasteiger partial charge >= 0.3 is 0 Å². The second-order valence-electron chi connectivity index (χ2n) is 6.18. The predicted octanol–water partition coefficient (Wildman–Crippen LogP) is 2.92. The summed E-state index contributed by atoms with van der Waals surface area (Å²) in [6.07, 6.45) is 3.98. The van der Waals surface area contributed by atoms with Crippen LogP contribution >= 0.6 is 0 Å². The molecule has 5 nitrogen and oxygen atoms in total. The number of para-hydroxylation sites is 1. The van der Waals surface area contributed by atoms with E-state index < -0.39 is 0 Å². The number of carbonyl (C=O) groups excluding carboxylic acids is 1. The molecule has 1 amide bonds. The van der Waals surface area contributed by atoms with Gasteiger partial charge < -0.3 is 14.6 Å². The fraction of sp³-hybridized carbons (Fsp3) is 0.263. The van der Waals surface area contributed by atoms with Crippen molar-refractivity contribution in [1.29, 1.82) is 0 Å². The van der Waals surface area contributed by atoms with Crippen LogP contribution in [0.5, 0.6) is 5.75 Å². The van der Waals surface area contributed by atoms with E-state index in [-0.39, 0.29) is 11.9 Å². The minimum absolute atomic E-state index is 0.0354. The molecule has 0 saturated heterocycles. The molecule has 5 heteroatoms. The largest absolute Gasteiger partial charge is 0.491 e. The van der Waals surface area contributed by atoms with Crippen LogP contribution in [0, 0.1) is 0 Å². The van der Waals surface area contributed by atoms with Crippen molar-refractivity contribution in [3.63, 3.8) is 0 Å². The maximum absolute atomic E-state index is 12.9. The monoisotopic (exact) mass is 321 g/mol. The Bertz CT molecular complexity index is 887. The molecule has 122 valence electrons. The van der Waals surface area contributed by atoms with Crippen LogP contribution in [0.25, 0.3) is 11.0 Å². The second-order valence-corrected chi connectivity index (χ2v) is 6.18. The second kappa shape index (κ2) is 6.00. The molecular weight excluding hydrogens is 302 g/mol. The van der Waals surface area contributed by atoms with Gasteiger partial charge in [-0.05, 0) is 30.7 Å². The summed E-state index contributed by atoms with van der Waals surface area (Å²) in [5.74, 6) is 0.975. The van der Waals surface area contributed by atoms with Crippen molar-refractivity contribution in [2.75, 3.05) is 6.61 Å². The van der Waals surface area contributed by atoms with Gasteiger partial charge in [-0.1, -0.05) is 18.2 Å². The van der Waals surface area contributed by atoms with E-state index in [9.17, 15) is 4.79 Å². The number of hydrogen-bond donors (Lipinski definition) is 1. The number of aromatic nitrogens is 2. The molecule has 4 rings (SSSR count). The first kappa shape index (κ1) is 14.8. The van der Waals surface area contributed by atoms with Crippen LogP contribution < -0.4 is 4.74 Å². The van der Waals surface area contributed by atoms with Gasteiger partial charge in [0.05, 0.1) is 12.5 Å². The van der Waals surface area contributed by atoms with Crippen molar-refractivity contribution in [2.45, 2.75) is 25.9 Å². The molecule has 0 aliphatic carbocycles. The fourth-order valence-corrected chi connectivity index (χ4v) is 3.17. The smallest absolute Gasteiger partial charge is 0.227 e. The van der Waals surface area contributed by atoms with Gasteiger partial charge in [0.25, 0.3) is 0 Å². The molecule has 2 aromatic heterocycles. The molecule has 0 saturated carbocycles. The molecule has 0 spiro atoms. The summed E-state index contributed by atoms with van der Waals surface area (Å²) in [5, 5.41) is 1.00. The maximum atomic E-state index is 12.9. The van der Waals surface area contributed by atoms with Gasteiger partial charge in [0, 0.05) is 29.9 Å². The average Bonchev–Trinajstić information content (AvgIpc) is 2.92. The van der Waals surface area contributed by atoms with Crippen molar-refractivity contribution < 1.29 is 9.53 Å². The zero-order chi connectivity index (χ0) is 16.5. The van der Waals surface area contributed by atoms with E-state index in [1.807, 2.05) is 54.4 Å². The number of pyridine rings is 1. The summed E-state index contributed by atoms with van der Waals surface area (Å²) in [7, 11) is 0. The zero-order valence-corrected chi connectivity index (χ0v) is 13.5. The van der Waals surface area contributed by atoms with E-state index >= 15 is 0 Å². The van der Waals surface area contributed by atoms with Gasteiger partial charge in [-0.2, -0.15) is 0 Å². The average molecular weight is 321 g/mol. The summed E-state index contributed by atoms with van der Waals surface area (Å²) in [6, 6.07) is 11.8. The molecule has 0 radical (unpaired) electrons. The van der Waals surface area contributed by atoms with Crippen LogP contribution in [0.1, 0.15) is 18.1 Å². The Morgan fingerprint density at radius 1 is 1.33 bits per heavy atom. The molecule has 3 aromatic rings. The lowest BCUT2D eigenvalue weighted by atomic mass is 10.1. The lowest BCUT2D eigenvalue weighted by Gasteiger charge is -2.26. The topological polar surface area (TPSA) is 58.2 Å². The van der Waals surface area contributed by atoms with E-state index in [0.29, 0.717) is 19.6 Å². The van der Waals surface area contributed by atoms with Crippen molar-refractivity contribution in [3.05, 3.63) is 59.9 Å². The fourth-order valence-electron chi connectivity index (χ4n) is 3.17. The van der Waals surface area contributed by atoms with Crippen molar-refractivity contribution in [2.24, 2.45) is 0 Å². The van der Waals surface area contributed by atoms with Crippen LogP contribution in [0.15, 0.2) is 48.8 Å². The van der Waals surface area contributed by atoms with Crippen LogP contribution in [-0.2, 0) is 17.8 Å². The van der Waals surface area contributed by atoms with Crippen LogP contribution in [0.4, 0.5) is 0 Å².